The standard InChI is InChI=1S/C23H20FN3O2S/c24-18-10-19(21-20(11-18)26-23(30)27-21)22(28)25-12-16-7-4-8-17(9-16)14-29-13-15-5-2-1-3-6-15/h1-11H,12-14H2,(H,25,28)(H2,26,27,30). The molecule has 152 valence electrons. The predicted molar refractivity (Wildman–Crippen MR) is 116 cm³/mol. The van der Waals surface area contributed by atoms with Crippen molar-refractivity contribution in [1.29, 1.82) is 0 Å². The number of hydrogen-bond acceptors (Lipinski definition) is 3. The van der Waals surface area contributed by atoms with Gasteiger partial charge in [0.2, 0.25) is 0 Å². The molecule has 7 heteroatoms. The van der Waals surface area contributed by atoms with Crippen molar-refractivity contribution in [1.82, 2.24) is 15.3 Å². The van der Waals surface area contributed by atoms with E-state index in [0.717, 1.165) is 16.7 Å². The van der Waals surface area contributed by atoms with Crippen LogP contribution in [0.4, 0.5) is 4.39 Å². The van der Waals surface area contributed by atoms with Gasteiger partial charge >= 0.3 is 0 Å². The summed E-state index contributed by atoms with van der Waals surface area (Å²) in [6.07, 6.45) is 0. The molecule has 0 aliphatic heterocycles. The summed E-state index contributed by atoms with van der Waals surface area (Å²) >= 11 is 5.05. The van der Waals surface area contributed by atoms with Gasteiger partial charge < -0.3 is 20.0 Å². The van der Waals surface area contributed by atoms with Crippen molar-refractivity contribution in [3.05, 3.63) is 99.6 Å². The molecular formula is C23H20FN3O2S. The number of ether oxygens (including phenoxy) is 1. The van der Waals surface area contributed by atoms with Crippen LogP contribution in [-0.4, -0.2) is 15.9 Å². The molecule has 1 heterocycles. The van der Waals surface area contributed by atoms with Crippen LogP contribution in [0.5, 0.6) is 0 Å². The zero-order chi connectivity index (χ0) is 20.9. The van der Waals surface area contributed by atoms with E-state index in [1.807, 2.05) is 54.6 Å². The first-order valence-corrected chi connectivity index (χ1v) is 9.88. The number of rotatable bonds is 7. The number of aromatic nitrogens is 2. The zero-order valence-corrected chi connectivity index (χ0v) is 16.9. The number of benzene rings is 3. The fraction of sp³-hybridized carbons (Fsp3) is 0.130. The van der Waals surface area contributed by atoms with Gasteiger partial charge in [0.15, 0.2) is 4.77 Å². The van der Waals surface area contributed by atoms with Gasteiger partial charge in [0.25, 0.3) is 5.91 Å². The number of amides is 1. The van der Waals surface area contributed by atoms with Crippen LogP contribution in [0, 0.1) is 10.6 Å². The molecule has 0 spiro atoms. The highest BCUT2D eigenvalue weighted by Crippen LogP contribution is 2.18. The summed E-state index contributed by atoms with van der Waals surface area (Å²) in [5.74, 6) is -0.883. The van der Waals surface area contributed by atoms with E-state index < -0.39 is 5.82 Å². The third-order valence-electron chi connectivity index (χ3n) is 4.66. The molecule has 0 fully saturated rings. The first kappa shape index (κ1) is 20.0. The molecule has 3 N–H and O–H groups in total. The highest BCUT2D eigenvalue weighted by molar-refractivity contribution is 7.71. The van der Waals surface area contributed by atoms with Crippen LogP contribution in [0.1, 0.15) is 27.0 Å². The van der Waals surface area contributed by atoms with E-state index in [1.54, 1.807) is 0 Å². The molecule has 0 bridgehead atoms. The van der Waals surface area contributed by atoms with Crippen molar-refractivity contribution in [2.45, 2.75) is 19.8 Å². The first-order chi connectivity index (χ1) is 14.6. The van der Waals surface area contributed by atoms with Gasteiger partial charge in [-0.15, -0.1) is 0 Å². The molecule has 4 rings (SSSR count). The van der Waals surface area contributed by atoms with Gasteiger partial charge in [-0.1, -0.05) is 54.6 Å². The SMILES string of the molecule is O=C(NCc1cccc(COCc2ccccc2)c1)c1cc(F)cc2[nH]c(=S)[nH]c12. The number of aromatic amines is 2. The Hall–Kier alpha value is -3.29. The van der Waals surface area contributed by atoms with Crippen LogP contribution in [-0.2, 0) is 24.5 Å². The Bertz CT molecular complexity index is 1230. The minimum absolute atomic E-state index is 0.208. The fourth-order valence-electron chi connectivity index (χ4n) is 3.25. The Morgan fingerprint density at radius 1 is 0.933 bits per heavy atom. The van der Waals surface area contributed by atoms with Gasteiger partial charge in [0.1, 0.15) is 5.82 Å². The summed E-state index contributed by atoms with van der Waals surface area (Å²) in [6.45, 7) is 1.32. The third kappa shape index (κ3) is 4.82. The van der Waals surface area contributed by atoms with E-state index in [-0.39, 0.29) is 11.5 Å². The predicted octanol–water partition coefficient (Wildman–Crippen LogP) is 5.01. The lowest BCUT2D eigenvalue weighted by Crippen LogP contribution is -2.23. The van der Waals surface area contributed by atoms with E-state index in [9.17, 15) is 9.18 Å². The summed E-state index contributed by atoms with van der Waals surface area (Å²) in [5, 5.41) is 2.84. The zero-order valence-electron chi connectivity index (χ0n) is 16.1. The topological polar surface area (TPSA) is 69.9 Å². The monoisotopic (exact) mass is 421 g/mol. The van der Waals surface area contributed by atoms with Crippen LogP contribution in [0.15, 0.2) is 66.7 Å². The molecular weight excluding hydrogens is 401 g/mol. The highest BCUT2D eigenvalue weighted by Gasteiger charge is 2.14. The summed E-state index contributed by atoms with van der Waals surface area (Å²) in [6, 6.07) is 20.3. The van der Waals surface area contributed by atoms with Crippen molar-refractivity contribution >= 4 is 29.2 Å². The maximum absolute atomic E-state index is 13.9. The number of H-pyrrole nitrogens is 2. The fourth-order valence-corrected chi connectivity index (χ4v) is 3.47. The average Bonchev–Trinajstić information content (AvgIpc) is 3.12. The molecule has 0 saturated carbocycles. The number of halogens is 1. The van der Waals surface area contributed by atoms with Crippen LogP contribution in [0.3, 0.4) is 0 Å². The van der Waals surface area contributed by atoms with Crippen LogP contribution in [0.2, 0.25) is 0 Å². The second-order valence-corrected chi connectivity index (χ2v) is 7.34. The molecule has 1 aromatic heterocycles. The van der Waals surface area contributed by atoms with E-state index in [1.165, 1.54) is 12.1 Å². The lowest BCUT2D eigenvalue weighted by Gasteiger charge is -2.09. The second kappa shape index (κ2) is 9.02. The van der Waals surface area contributed by atoms with Crippen molar-refractivity contribution in [2.24, 2.45) is 0 Å². The number of nitrogens with one attached hydrogen (secondary N) is 3. The van der Waals surface area contributed by atoms with E-state index >= 15 is 0 Å². The minimum Gasteiger partial charge on any atom is -0.372 e. The van der Waals surface area contributed by atoms with Gasteiger partial charge in [-0.25, -0.2) is 4.39 Å². The number of carbonyl (C=O) groups excluding carboxylic acids is 1. The number of hydrogen-bond donors (Lipinski definition) is 3. The van der Waals surface area contributed by atoms with Crippen LogP contribution >= 0.6 is 12.2 Å². The van der Waals surface area contributed by atoms with Gasteiger partial charge in [0, 0.05) is 6.54 Å². The second-order valence-electron chi connectivity index (χ2n) is 6.94. The lowest BCUT2D eigenvalue weighted by molar-refractivity contribution is 0.0952. The largest absolute Gasteiger partial charge is 0.372 e. The average molecular weight is 421 g/mol. The van der Waals surface area contributed by atoms with Crippen molar-refractivity contribution < 1.29 is 13.9 Å². The Morgan fingerprint density at radius 2 is 1.67 bits per heavy atom. The molecule has 0 unspecified atom stereocenters. The Morgan fingerprint density at radius 3 is 2.50 bits per heavy atom. The molecule has 1 amide bonds. The number of carbonyl (C=O) groups is 1. The first-order valence-electron chi connectivity index (χ1n) is 9.48. The Balaban J connectivity index is 1.39. The normalized spacial score (nSPS) is 11.0. The molecule has 0 aliphatic rings. The molecule has 0 aliphatic carbocycles. The number of fused-ring (bicyclic) bond motifs is 1. The molecule has 0 radical (unpaired) electrons. The summed E-state index contributed by atoms with van der Waals surface area (Å²) in [4.78, 5) is 18.4. The minimum atomic E-state index is -0.504. The molecule has 0 atom stereocenters. The van der Waals surface area contributed by atoms with E-state index in [0.29, 0.717) is 35.6 Å². The smallest absolute Gasteiger partial charge is 0.253 e. The Labute approximate surface area is 177 Å². The van der Waals surface area contributed by atoms with Crippen LogP contribution in [0.25, 0.3) is 11.0 Å². The lowest BCUT2D eigenvalue weighted by atomic mass is 10.1. The van der Waals surface area contributed by atoms with Gasteiger partial charge in [-0.05, 0) is 41.0 Å². The van der Waals surface area contributed by atoms with Gasteiger partial charge in [0.05, 0.1) is 29.8 Å². The van der Waals surface area contributed by atoms with Crippen LogP contribution < -0.4 is 5.32 Å². The molecule has 3 aromatic carbocycles. The van der Waals surface area contributed by atoms with E-state index in [4.69, 9.17) is 17.0 Å². The summed E-state index contributed by atoms with van der Waals surface area (Å²) in [7, 11) is 0. The maximum atomic E-state index is 13.9. The molecule has 30 heavy (non-hydrogen) atoms. The summed E-state index contributed by atoms with van der Waals surface area (Å²) in [5.41, 5.74) is 4.22. The molecule has 4 aromatic rings. The quantitative estimate of drug-likeness (QED) is 0.367. The van der Waals surface area contributed by atoms with Crippen molar-refractivity contribution in [2.75, 3.05) is 0 Å². The van der Waals surface area contributed by atoms with Crippen molar-refractivity contribution in [3.63, 3.8) is 0 Å². The number of imidazole rings is 1. The maximum Gasteiger partial charge on any atom is 0.253 e. The van der Waals surface area contributed by atoms with E-state index in [2.05, 4.69) is 15.3 Å². The highest BCUT2D eigenvalue weighted by atomic mass is 32.1. The molecule has 5 nitrogen and oxygen atoms in total. The van der Waals surface area contributed by atoms with Gasteiger partial charge in [-0.3, -0.25) is 4.79 Å². The summed E-state index contributed by atoms with van der Waals surface area (Å²) < 4.78 is 20.0. The molecule has 0 saturated heterocycles. The Kier molecular flexibility index (Phi) is 6.02. The third-order valence-corrected chi connectivity index (χ3v) is 4.86. The van der Waals surface area contributed by atoms with Crippen molar-refractivity contribution in [3.8, 4) is 0 Å². The van der Waals surface area contributed by atoms with Gasteiger partial charge in [-0.2, -0.15) is 0 Å².